The summed E-state index contributed by atoms with van der Waals surface area (Å²) in [5.74, 6) is -1.49. The monoisotopic (exact) mass is 563 g/mol. The highest BCUT2D eigenvalue weighted by Crippen LogP contribution is 2.37. The summed E-state index contributed by atoms with van der Waals surface area (Å²) in [7, 11) is 0.108. The zero-order chi connectivity index (χ0) is 28.6. The number of aromatic nitrogens is 4. The van der Waals surface area contributed by atoms with Crippen molar-refractivity contribution in [3.05, 3.63) is 60.2 Å². The van der Waals surface area contributed by atoms with E-state index in [1.165, 1.54) is 34.3 Å². The van der Waals surface area contributed by atoms with E-state index in [1.54, 1.807) is 29.1 Å². The van der Waals surface area contributed by atoms with Gasteiger partial charge < -0.3 is 14.2 Å². The number of carbonyl (C=O) groups excluding carboxylic acids is 1. The molecule has 0 radical (unpaired) electrons. The van der Waals surface area contributed by atoms with Gasteiger partial charge in [-0.05, 0) is 32.0 Å². The topological polar surface area (TPSA) is 159 Å². The highest BCUT2D eigenvalue weighted by molar-refractivity contribution is 7.92. The molecule has 1 amide bonds. The lowest BCUT2D eigenvalue weighted by Gasteiger charge is -2.22. The fourth-order valence-electron chi connectivity index (χ4n) is 3.51. The zero-order valence-corrected chi connectivity index (χ0v) is 22.9. The van der Waals surface area contributed by atoms with E-state index in [2.05, 4.69) is 30.9 Å². The molecule has 2 N–H and O–H groups in total. The Kier molecular flexibility index (Phi) is 9.89. The highest BCUT2D eigenvalue weighted by Gasteiger charge is 2.34. The fourth-order valence-corrected chi connectivity index (χ4v) is 4.90. The zero-order valence-electron chi connectivity index (χ0n) is 22.1. The standard InChI is InChI=1S/C24H30FN7O6S/c1-6-32-11-10-17(31-32)24(33)30-29-20(28-21-18(36-3)8-7-9-19(21)37-4)14-39(34,35)15(2)22(38-5)23-26-12-16(25)13-27-23/h7-13,15,22H,6,14H2,1-5H3,(H,28,29)(H,30,33)/t15-,22-/m0/s1. The number of aliphatic imine (C=N–C) groups is 1. The molecule has 3 aromatic rings. The number of amides is 1. The average molecular weight is 564 g/mol. The molecule has 2 aromatic heterocycles. The summed E-state index contributed by atoms with van der Waals surface area (Å²) in [4.78, 5) is 24.8. The van der Waals surface area contributed by atoms with Gasteiger partial charge in [0.05, 0.1) is 31.9 Å². The quantitative estimate of drug-likeness (QED) is 0.201. The minimum absolute atomic E-state index is 0.00682. The SMILES string of the molecule is CCn1ccc(C(=O)NNC(CS(=O)(=O)[C@@H](C)[C@H](OC)c2ncc(F)cn2)=Nc2c(OC)cccc2OC)n1. The number of benzene rings is 1. The minimum atomic E-state index is -4.05. The predicted molar refractivity (Wildman–Crippen MR) is 140 cm³/mol. The third-order valence-electron chi connectivity index (χ3n) is 5.65. The Bertz CT molecular complexity index is 1390. The van der Waals surface area contributed by atoms with Gasteiger partial charge >= 0.3 is 0 Å². The molecule has 15 heteroatoms. The van der Waals surface area contributed by atoms with Crippen molar-refractivity contribution < 1.29 is 31.8 Å². The van der Waals surface area contributed by atoms with E-state index >= 15 is 0 Å². The second kappa shape index (κ2) is 13.1. The summed E-state index contributed by atoms with van der Waals surface area (Å²) in [5.41, 5.74) is 5.35. The Morgan fingerprint density at radius 2 is 1.74 bits per heavy atom. The number of halogens is 1. The summed E-state index contributed by atoms with van der Waals surface area (Å²) in [6.07, 6.45) is 2.38. The number of hydrazine groups is 1. The molecule has 0 bridgehead atoms. The lowest BCUT2D eigenvalue weighted by atomic mass is 10.2. The molecular formula is C24H30FN7O6S. The summed E-state index contributed by atoms with van der Waals surface area (Å²) in [6, 6.07) is 6.45. The molecule has 13 nitrogen and oxygen atoms in total. The minimum Gasteiger partial charge on any atom is -0.494 e. The second-order valence-corrected chi connectivity index (χ2v) is 10.5. The number of hydrogen-bond donors (Lipinski definition) is 2. The van der Waals surface area contributed by atoms with Gasteiger partial charge in [-0.15, -0.1) is 0 Å². The number of ether oxygens (including phenoxy) is 3. The number of aryl methyl sites for hydroxylation is 1. The fraction of sp³-hybridized carbons (Fsp3) is 0.375. The molecule has 0 aliphatic rings. The van der Waals surface area contributed by atoms with Crippen LogP contribution in [0.15, 0.2) is 47.8 Å². The van der Waals surface area contributed by atoms with E-state index in [9.17, 15) is 17.6 Å². The van der Waals surface area contributed by atoms with E-state index in [0.717, 1.165) is 12.4 Å². The smallest absolute Gasteiger partial charge is 0.290 e. The Morgan fingerprint density at radius 3 is 2.28 bits per heavy atom. The van der Waals surface area contributed by atoms with Crippen LogP contribution in [-0.2, 0) is 21.1 Å². The molecular weight excluding hydrogens is 533 g/mol. The molecule has 210 valence electrons. The third kappa shape index (κ3) is 7.26. The third-order valence-corrected chi connectivity index (χ3v) is 7.70. The number of nitrogens with one attached hydrogen (secondary N) is 2. The molecule has 0 unspecified atom stereocenters. The van der Waals surface area contributed by atoms with Crippen molar-refractivity contribution in [2.45, 2.75) is 31.7 Å². The van der Waals surface area contributed by atoms with Crippen LogP contribution in [0.3, 0.4) is 0 Å². The van der Waals surface area contributed by atoms with Crippen LogP contribution in [0.5, 0.6) is 11.5 Å². The van der Waals surface area contributed by atoms with Crippen LogP contribution in [0.25, 0.3) is 0 Å². The molecule has 0 aliphatic heterocycles. The first-order valence-corrected chi connectivity index (χ1v) is 13.4. The molecule has 2 atom stereocenters. The number of nitrogens with zero attached hydrogens (tertiary/aromatic N) is 5. The van der Waals surface area contributed by atoms with Crippen LogP contribution in [0.2, 0.25) is 0 Å². The number of methoxy groups -OCH3 is 3. The Labute approximate surface area is 225 Å². The van der Waals surface area contributed by atoms with Gasteiger partial charge in [0.2, 0.25) is 0 Å². The molecule has 1 aromatic carbocycles. The molecule has 0 spiro atoms. The normalized spacial score (nSPS) is 13.4. The first kappa shape index (κ1) is 29.4. The van der Waals surface area contributed by atoms with Crippen LogP contribution in [0.1, 0.15) is 36.3 Å². The van der Waals surface area contributed by atoms with Crippen LogP contribution in [0, 0.1) is 5.82 Å². The Hall–Kier alpha value is -4.11. The molecule has 2 heterocycles. The van der Waals surface area contributed by atoms with Gasteiger partial charge in [-0.25, -0.2) is 27.8 Å². The van der Waals surface area contributed by atoms with Crippen LogP contribution >= 0.6 is 0 Å². The van der Waals surface area contributed by atoms with Crippen molar-refractivity contribution in [1.29, 1.82) is 0 Å². The second-order valence-electron chi connectivity index (χ2n) is 8.13. The number of amidine groups is 1. The molecule has 3 rings (SSSR count). The number of carbonyl (C=O) groups is 1. The van der Waals surface area contributed by atoms with E-state index < -0.39 is 38.7 Å². The van der Waals surface area contributed by atoms with Gasteiger partial charge in [0.1, 0.15) is 34.9 Å². The van der Waals surface area contributed by atoms with Crippen molar-refractivity contribution in [2.24, 2.45) is 4.99 Å². The van der Waals surface area contributed by atoms with E-state index in [-0.39, 0.29) is 23.0 Å². The van der Waals surface area contributed by atoms with E-state index in [1.807, 2.05) is 6.92 Å². The number of hydrogen-bond acceptors (Lipinski definition) is 10. The molecule has 39 heavy (non-hydrogen) atoms. The Morgan fingerprint density at radius 1 is 1.10 bits per heavy atom. The van der Waals surface area contributed by atoms with Crippen molar-refractivity contribution in [1.82, 2.24) is 30.6 Å². The van der Waals surface area contributed by atoms with Gasteiger partial charge in [-0.1, -0.05) is 6.07 Å². The first-order chi connectivity index (χ1) is 18.6. The summed E-state index contributed by atoms with van der Waals surface area (Å²) < 4.78 is 58.0. The molecule has 0 fully saturated rings. The van der Waals surface area contributed by atoms with Gasteiger partial charge in [0.15, 0.2) is 27.2 Å². The van der Waals surface area contributed by atoms with Crippen molar-refractivity contribution in [3.8, 4) is 11.5 Å². The maximum atomic E-state index is 13.5. The summed E-state index contributed by atoms with van der Waals surface area (Å²) in [6.45, 7) is 3.84. The van der Waals surface area contributed by atoms with E-state index in [0.29, 0.717) is 18.0 Å². The van der Waals surface area contributed by atoms with Crippen molar-refractivity contribution in [2.75, 3.05) is 27.1 Å². The van der Waals surface area contributed by atoms with Gasteiger partial charge in [0.25, 0.3) is 5.91 Å². The number of rotatable bonds is 11. The van der Waals surface area contributed by atoms with Crippen LogP contribution < -0.4 is 20.3 Å². The predicted octanol–water partition coefficient (Wildman–Crippen LogP) is 2.00. The molecule has 0 saturated heterocycles. The number of para-hydroxylation sites is 1. The molecule has 0 saturated carbocycles. The van der Waals surface area contributed by atoms with Gasteiger partial charge in [0, 0.05) is 19.9 Å². The van der Waals surface area contributed by atoms with Crippen molar-refractivity contribution >= 4 is 27.3 Å². The lowest BCUT2D eigenvalue weighted by Crippen LogP contribution is -2.46. The van der Waals surface area contributed by atoms with Crippen LogP contribution in [-0.4, -0.2) is 72.2 Å². The average Bonchev–Trinajstić information content (AvgIpc) is 3.42. The maximum Gasteiger partial charge on any atom is 0.290 e. The highest BCUT2D eigenvalue weighted by atomic mass is 32.2. The van der Waals surface area contributed by atoms with Crippen LogP contribution in [0.4, 0.5) is 10.1 Å². The van der Waals surface area contributed by atoms with Crippen molar-refractivity contribution in [3.63, 3.8) is 0 Å². The lowest BCUT2D eigenvalue weighted by molar-refractivity contribution is 0.0936. The maximum absolute atomic E-state index is 13.5. The van der Waals surface area contributed by atoms with Gasteiger partial charge in [-0.2, -0.15) is 5.10 Å². The number of sulfone groups is 1. The first-order valence-electron chi connectivity index (χ1n) is 11.7. The summed E-state index contributed by atoms with van der Waals surface area (Å²) in [5, 5.41) is 2.95. The summed E-state index contributed by atoms with van der Waals surface area (Å²) >= 11 is 0. The molecule has 0 aliphatic carbocycles. The Balaban J connectivity index is 1.95. The largest absolute Gasteiger partial charge is 0.494 e. The van der Waals surface area contributed by atoms with Gasteiger partial charge in [-0.3, -0.25) is 20.3 Å². The van der Waals surface area contributed by atoms with E-state index in [4.69, 9.17) is 14.2 Å².